The lowest BCUT2D eigenvalue weighted by Crippen LogP contribution is -2.01. The summed E-state index contributed by atoms with van der Waals surface area (Å²) in [5.41, 5.74) is 0.354. The highest BCUT2D eigenvalue weighted by molar-refractivity contribution is 8.29. The molecule has 9 heteroatoms. The predicted octanol–water partition coefficient (Wildman–Crippen LogP) is 3.23. The van der Waals surface area contributed by atoms with Gasteiger partial charge in [0.05, 0.1) is 11.5 Å². The van der Waals surface area contributed by atoms with Crippen LogP contribution in [0.1, 0.15) is 11.1 Å². The summed E-state index contributed by atoms with van der Waals surface area (Å²) in [5, 5.41) is 0. The van der Waals surface area contributed by atoms with Crippen molar-refractivity contribution in [3.05, 3.63) is 65.0 Å². The number of hydrogen-bond donors (Lipinski definition) is 2. The summed E-state index contributed by atoms with van der Waals surface area (Å²) in [4.78, 5) is 2.69. The summed E-state index contributed by atoms with van der Waals surface area (Å²) in [6.07, 6.45) is 2.73. The molecule has 0 saturated carbocycles. The lowest BCUT2D eigenvalue weighted by Gasteiger charge is -2.08. The SMILES string of the molecule is [C-]#[N+]c1cccc(C=Cc2ccccc2S(=O)(=O)O)c1S(=O)(O)=S. The number of hydrogen-bond acceptors (Lipinski definition) is 4. The van der Waals surface area contributed by atoms with Crippen LogP contribution < -0.4 is 0 Å². The Morgan fingerprint density at radius 3 is 2.12 bits per heavy atom. The zero-order valence-corrected chi connectivity index (χ0v) is 14.4. The van der Waals surface area contributed by atoms with E-state index in [0.717, 1.165) is 0 Å². The van der Waals surface area contributed by atoms with Gasteiger partial charge in [0, 0.05) is 11.2 Å². The van der Waals surface area contributed by atoms with Crippen molar-refractivity contribution in [2.75, 3.05) is 0 Å². The fraction of sp³-hybridized carbons (Fsp3) is 0. The third-order valence-electron chi connectivity index (χ3n) is 3.04. The minimum Gasteiger partial charge on any atom is -0.303 e. The molecule has 0 aliphatic rings. The van der Waals surface area contributed by atoms with Crippen LogP contribution in [0, 0.1) is 6.57 Å². The molecular weight excluding hydrogens is 370 g/mol. The zero-order chi connectivity index (χ0) is 18.0. The van der Waals surface area contributed by atoms with Crippen molar-refractivity contribution in [1.29, 1.82) is 0 Å². The average molecular weight is 381 g/mol. The second kappa shape index (κ2) is 6.80. The Bertz CT molecular complexity index is 1060. The lowest BCUT2D eigenvalue weighted by atomic mass is 10.1. The van der Waals surface area contributed by atoms with Crippen LogP contribution in [0.2, 0.25) is 0 Å². The lowest BCUT2D eigenvalue weighted by molar-refractivity contribution is 0.483. The van der Waals surface area contributed by atoms with Gasteiger partial charge in [0.15, 0.2) is 8.77 Å². The second-order valence-corrected chi connectivity index (χ2v) is 8.73. The minimum absolute atomic E-state index is 0.0530. The smallest absolute Gasteiger partial charge is 0.295 e. The van der Waals surface area contributed by atoms with Gasteiger partial charge < -0.3 is 4.55 Å². The summed E-state index contributed by atoms with van der Waals surface area (Å²) in [7, 11) is -8.23. The van der Waals surface area contributed by atoms with Gasteiger partial charge in [0.1, 0.15) is 4.90 Å². The van der Waals surface area contributed by atoms with Crippen LogP contribution in [0.5, 0.6) is 0 Å². The van der Waals surface area contributed by atoms with Crippen molar-refractivity contribution in [3.63, 3.8) is 0 Å². The van der Waals surface area contributed by atoms with Gasteiger partial charge in [0.2, 0.25) is 5.69 Å². The zero-order valence-electron chi connectivity index (χ0n) is 12.0. The van der Waals surface area contributed by atoms with E-state index < -0.39 is 18.9 Å². The maximum Gasteiger partial charge on any atom is 0.295 e. The summed E-state index contributed by atoms with van der Waals surface area (Å²) >= 11 is 4.58. The van der Waals surface area contributed by atoms with E-state index in [4.69, 9.17) is 6.57 Å². The van der Waals surface area contributed by atoms with Gasteiger partial charge in [-0.1, -0.05) is 48.6 Å². The van der Waals surface area contributed by atoms with E-state index in [9.17, 15) is 21.7 Å². The molecule has 0 amide bonds. The summed E-state index contributed by atoms with van der Waals surface area (Å²) in [6.45, 7) is 7.08. The van der Waals surface area contributed by atoms with Gasteiger partial charge in [-0.15, -0.1) is 0 Å². The first kappa shape index (κ1) is 18.3. The second-order valence-electron chi connectivity index (χ2n) is 4.63. The van der Waals surface area contributed by atoms with Crippen molar-refractivity contribution < 1.29 is 21.7 Å². The van der Waals surface area contributed by atoms with E-state index in [-0.39, 0.29) is 26.6 Å². The van der Waals surface area contributed by atoms with E-state index in [1.54, 1.807) is 6.07 Å². The standard InChI is InChI=1S/C15H11NO5S3/c1-16-13-7-4-6-12(15(13)24(20,21)22)10-9-11-5-2-3-8-14(11)23(17,18)19/h2-10H,(H,17,18,19)(H,20,21,22). The fourth-order valence-corrected chi connectivity index (χ4v) is 4.12. The highest BCUT2D eigenvalue weighted by Gasteiger charge is 2.17. The molecule has 0 saturated heterocycles. The predicted molar refractivity (Wildman–Crippen MR) is 94.3 cm³/mol. The molecule has 0 aliphatic heterocycles. The van der Waals surface area contributed by atoms with Crippen LogP contribution in [-0.4, -0.2) is 21.7 Å². The van der Waals surface area contributed by atoms with Gasteiger partial charge in [0.25, 0.3) is 10.1 Å². The molecule has 6 nitrogen and oxygen atoms in total. The van der Waals surface area contributed by atoms with Crippen LogP contribution in [-0.2, 0) is 30.1 Å². The Balaban J connectivity index is 2.63. The quantitative estimate of drug-likeness (QED) is 0.480. The van der Waals surface area contributed by atoms with Crippen LogP contribution in [0.4, 0.5) is 5.69 Å². The molecule has 124 valence electrons. The summed E-state index contributed by atoms with van der Waals surface area (Å²) < 4.78 is 53.5. The Labute approximate surface area is 144 Å². The van der Waals surface area contributed by atoms with Gasteiger partial charge in [-0.3, -0.25) is 4.55 Å². The topological polar surface area (TPSA) is 96.0 Å². The number of rotatable bonds is 4. The Morgan fingerprint density at radius 2 is 1.54 bits per heavy atom. The first-order valence-corrected chi connectivity index (χ1v) is 10.2. The Kier molecular flexibility index (Phi) is 5.17. The van der Waals surface area contributed by atoms with Crippen LogP contribution in [0.15, 0.2) is 52.3 Å². The van der Waals surface area contributed by atoms with E-state index in [1.165, 1.54) is 48.6 Å². The molecule has 2 aromatic rings. The number of nitrogens with zero attached hydrogens (tertiary/aromatic N) is 1. The monoisotopic (exact) mass is 381 g/mol. The largest absolute Gasteiger partial charge is 0.303 e. The molecule has 2 N–H and O–H groups in total. The molecule has 1 unspecified atom stereocenters. The molecule has 0 aliphatic carbocycles. The van der Waals surface area contributed by atoms with Gasteiger partial charge >= 0.3 is 0 Å². The summed E-state index contributed by atoms with van der Waals surface area (Å²) in [6, 6.07) is 10.1. The summed E-state index contributed by atoms with van der Waals surface area (Å²) in [5.74, 6) is 0. The molecule has 0 spiro atoms. The maximum atomic E-state index is 11.9. The third-order valence-corrected chi connectivity index (χ3v) is 5.43. The molecule has 0 aromatic heterocycles. The molecule has 2 rings (SSSR count). The molecule has 0 bridgehead atoms. The van der Waals surface area contributed by atoms with Gasteiger partial charge in [-0.25, -0.2) is 9.05 Å². The molecule has 0 fully saturated rings. The Hall–Kier alpha value is -2.09. The van der Waals surface area contributed by atoms with Crippen LogP contribution in [0.25, 0.3) is 17.0 Å². The first-order chi connectivity index (χ1) is 11.1. The molecule has 24 heavy (non-hydrogen) atoms. The normalized spacial score (nSPS) is 14.2. The van der Waals surface area contributed by atoms with Crippen LogP contribution >= 0.6 is 0 Å². The highest BCUT2D eigenvalue weighted by Crippen LogP contribution is 2.30. The van der Waals surface area contributed by atoms with Gasteiger partial charge in [-0.2, -0.15) is 8.42 Å². The van der Waals surface area contributed by atoms with Crippen molar-refractivity contribution in [3.8, 4) is 0 Å². The van der Waals surface area contributed by atoms with Crippen molar-refractivity contribution >= 4 is 47.9 Å². The van der Waals surface area contributed by atoms with E-state index in [2.05, 4.69) is 16.0 Å². The van der Waals surface area contributed by atoms with E-state index in [1.807, 2.05) is 0 Å². The molecule has 0 radical (unpaired) electrons. The number of benzene rings is 2. The van der Waals surface area contributed by atoms with Crippen LogP contribution in [0.3, 0.4) is 0 Å². The van der Waals surface area contributed by atoms with E-state index in [0.29, 0.717) is 0 Å². The average Bonchev–Trinajstić information content (AvgIpc) is 2.50. The van der Waals surface area contributed by atoms with Crippen molar-refractivity contribution in [2.24, 2.45) is 0 Å². The minimum atomic E-state index is -4.42. The Morgan fingerprint density at radius 1 is 0.958 bits per heavy atom. The molecular formula is C15H11NO5S3. The van der Waals surface area contributed by atoms with Crippen molar-refractivity contribution in [1.82, 2.24) is 0 Å². The fourth-order valence-electron chi connectivity index (χ4n) is 2.08. The van der Waals surface area contributed by atoms with Crippen molar-refractivity contribution in [2.45, 2.75) is 9.79 Å². The first-order valence-electron chi connectivity index (χ1n) is 6.37. The van der Waals surface area contributed by atoms with Gasteiger partial charge in [-0.05, 0) is 17.2 Å². The van der Waals surface area contributed by atoms with E-state index >= 15 is 0 Å². The maximum absolute atomic E-state index is 11.9. The highest BCUT2D eigenvalue weighted by atomic mass is 32.8. The molecule has 2 aromatic carbocycles. The molecule has 0 heterocycles. The third kappa shape index (κ3) is 4.05. The molecule has 1 atom stereocenters.